The second kappa shape index (κ2) is 8.54. The highest BCUT2D eigenvalue weighted by molar-refractivity contribution is 5.88. The molecule has 25 heavy (non-hydrogen) atoms. The molecule has 138 valence electrons. The quantitative estimate of drug-likeness (QED) is 0.817. The van der Waals surface area contributed by atoms with Crippen molar-refractivity contribution in [1.29, 1.82) is 0 Å². The van der Waals surface area contributed by atoms with E-state index in [4.69, 9.17) is 10.5 Å². The topological polar surface area (TPSA) is 64.3 Å². The van der Waals surface area contributed by atoms with Crippen molar-refractivity contribution in [3.05, 3.63) is 42.0 Å². The van der Waals surface area contributed by atoms with Gasteiger partial charge < -0.3 is 15.8 Å². The number of carbonyl (C=O) groups excluding carboxylic acids is 1. The molecule has 5 heteroatoms. The van der Waals surface area contributed by atoms with Gasteiger partial charge in [0.15, 0.2) is 0 Å². The number of ether oxygens (including phenoxy) is 1. The molecule has 0 bridgehead atoms. The fourth-order valence-corrected chi connectivity index (χ4v) is 2.61. The van der Waals surface area contributed by atoms with Crippen molar-refractivity contribution in [1.82, 2.24) is 5.32 Å². The minimum Gasteiger partial charge on any atom is -0.497 e. The highest BCUT2D eigenvalue weighted by Gasteiger charge is 2.30. The molecule has 2 aromatic carbocycles. The molecule has 0 aromatic heterocycles. The van der Waals surface area contributed by atoms with Gasteiger partial charge >= 0.3 is 0 Å². The number of hydrogen-bond acceptors (Lipinski definition) is 3. The third-order valence-corrected chi connectivity index (χ3v) is 5.07. The van der Waals surface area contributed by atoms with Crippen LogP contribution in [-0.4, -0.2) is 25.1 Å². The van der Waals surface area contributed by atoms with Crippen LogP contribution in [0.25, 0.3) is 10.8 Å². The van der Waals surface area contributed by atoms with E-state index in [9.17, 15) is 4.79 Å². The summed E-state index contributed by atoms with van der Waals surface area (Å²) >= 11 is 0. The number of nitrogens with two attached hydrogens (primary N) is 1. The van der Waals surface area contributed by atoms with Crippen molar-refractivity contribution in [3.8, 4) is 5.75 Å². The summed E-state index contributed by atoms with van der Waals surface area (Å²) in [6.07, 6.45) is 0. The average molecular weight is 365 g/mol. The van der Waals surface area contributed by atoms with E-state index in [1.807, 2.05) is 44.2 Å². The van der Waals surface area contributed by atoms with Crippen molar-refractivity contribution in [2.75, 3.05) is 13.7 Å². The highest BCUT2D eigenvalue weighted by atomic mass is 35.5. The SMILES string of the molecule is COc1ccc2cc(C(C)C(=O)NC(C)(CN)C(C)C)ccc2c1.Cl. The predicted octanol–water partition coefficient (Wildman–Crippen LogP) is 3.86. The van der Waals surface area contributed by atoms with E-state index in [-0.39, 0.29) is 30.2 Å². The van der Waals surface area contributed by atoms with Crippen LogP contribution in [-0.2, 0) is 4.79 Å². The van der Waals surface area contributed by atoms with Gasteiger partial charge in [-0.15, -0.1) is 12.4 Å². The number of benzene rings is 2. The van der Waals surface area contributed by atoms with Crippen LogP contribution in [0.5, 0.6) is 5.75 Å². The van der Waals surface area contributed by atoms with Gasteiger partial charge in [-0.1, -0.05) is 38.1 Å². The lowest BCUT2D eigenvalue weighted by atomic mass is 9.87. The fraction of sp³-hybridized carbons (Fsp3) is 0.450. The molecule has 3 N–H and O–H groups in total. The Bertz CT molecular complexity index is 733. The van der Waals surface area contributed by atoms with Gasteiger partial charge in [-0.25, -0.2) is 0 Å². The first-order chi connectivity index (χ1) is 11.3. The summed E-state index contributed by atoms with van der Waals surface area (Å²) in [7, 11) is 1.66. The van der Waals surface area contributed by atoms with Crippen LogP contribution in [0.15, 0.2) is 36.4 Å². The number of amides is 1. The van der Waals surface area contributed by atoms with E-state index in [1.54, 1.807) is 7.11 Å². The maximum Gasteiger partial charge on any atom is 0.227 e. The molecule has 0 fully saturated rings. The Hall–Kier alpha value is -1.78. The Kier molecular flexibility index (Phi) is 7.27. The Balaban J connectivity index is 0.00000312. The smallest absolute Gasteiger partial charge is 0.227 e. The molecular formula is C20H29ClN2O2. The van der Waals surface area contributed by atoms with Gasteiger partial charge in [-0.2, -0.15) is 0 Å². The van der Waals surface area contributed by atoms with Crippen molar-refractivity contribution < 1.29 is 9.53 Å². The number of halogens is 1. The lowest BCUT2D eigenvalue weighted by Crippen LogP contribution is -2.55. The second-order valence-corrected chi connectivity index (χ2v) is 6.96. The number of fused-ring (bicyclic) bond motifs is 1. The number of rotatable bonds is 6. The molecule has 0 spiro atoms. The molecule has 0 radical (unpaired) electrons. The molecule has 0 aliphatic carbocycles. The zero-order valence-corrected chi connectivity index (χ0v) is 16.4. The second-order valence-electron chi connectivity index (χ2n) is 6.96. The molecule has 2 atom stereocenters. The van der Waals surface area contributed by atoms with Gasteiger partial charge in [-0.3, -0.25) is 4.79 Å². The molecule has 0 aliphatic heterocycles. The van der Waals surface area contributed by atoms with Crippen molar-refractivity contribution in [2.45, 2.75) is 39.2 Å². The van der Waals surface area contributed by atoms with Crippen molar-refractivity contribution >= 4 is 29.1 Å². The summed E-state index contributed by atoms with van der Waals surface area (Å²) in [4.78, 5) is 12.7. The number of carbonyl (C=O) groups is 1. The van der Waals surface area contributed by atoms with E-state index in [2.05, 4.69) is 25.2 Å². The summed E-state index contributed by atoms with van der Waals surface area (Å²) in [5.41, 5.74) is 6.47. The summed E-state index contributed by atoms with van der Waals surface area (Å²) in [5, 5.41) is 5.32. The summed E-state index contributed by atoms with van der Waals surface area (Å²) in [6.45, 7) is 8.48. The normalized spacial score (nSPS) is 14.5. The van der Waals surface area contributed by atoms with Gasteiger partial charge in [0.05, 0.1) is 18.6 Å². The van der Waals surface area contributed by atoms with Crippen LogP contribution in [0, 0.1) is 5.92 Å². The molecular weight excluding hydrogens is 336 g/mol. The Morgan fingerprint density at radius 1 is 1.16 bits per heavy atom. The number of nitrogens with one attached hydrogen (secondary N) is 1. The highest BCUT2D eigenvalue weighted by Crippen LogP contribution is 2.26. The third kappa shape index (κ3) is 4.65. The predicted molar refractivity (Wildman–Crippen MR) is 107 cm³/mol. The first-order valence-corrected chi connectivity index (χ1v) is 8.40. The summed E-state index contributed by atoms with van der Waals surface area (Å²) < 4.78 is 5.25. The average Bonchev–Trinajstić information content (AvgIpc) is 2.59. The van der Waals surface area contributed by atoms with Gasteiger partial charge in [0.25, 0.3) is 0 Å². The fourth-order valence-electron chi connectivity index (χ4n) is 2.61. The molecule has 0 saturated carbocycles. The number of methoxy groups -OCH3 is 1. The molecule has 2 unspecified atom stereocenters. The monoisotopic (exact) mass is 364 g/mol. The van der Waals surface area contributed by atoms with Gasteiger partial charge in [-0.05, 0) is 48.2 Å². The van der Waals surface area contributed by atoms with Crippen LogP contribution in [0.4, 0.5) is 0 Å². The van der Waals surface area contributed by atoms with Crippen LogP contribution in [0.2, 0.25) is 0 Å². The van der Waals surface area contributed by atoms with Crippen molar-refractivity contribution in [3.63, 3.8) is 0 Å². The molecule has 0 aliphatic rings. The Labute approximate surface area is 156 Å². The standard InChI is InChI=1S/C20H28N2O2.ClH/c1-13(2)20(4,12-21)22-19(23)14(3)15-6-7-17-11-18(24-5)9-8-16(17)10-15;/h6-11,13-14H,12,21H2,1-5H3,(H,22,23);1H. The Morgan fingerprint density at radius 3 is 2.32 bits per heavy atom. The summed E-state index contributed by atoms with van der Waals surface area (Å²) in [5.74, 6) is 0.866. The molecule has 0 saturated heterocycles. The number of hydrogen-bond donors (Lipinski definition) is 2. The van der Waals surface area contributed by atoms with Crippen LogP contribution < -0.4 is 15.8 Å². The molecule has 2 rings (SSSR count). The third-order valence-electron chi connectivity index (χ3n) is 5.07. The maximum atomic E-state index is 12.7. The Morgan fingerprint density at radius 2 is 1.76 bits per heavy atom. The van der Waals surface area contributed by atoms with E-state index in [1.165, 1.54) is 0 Å². The zero-order valence-electron chi connectivity index (χ0n) is 15.6. The molecule has 1 amide bonds. The van der Waals surface area contributed by atoms with Gasteiger partial charge in [0.1, 0.15) is 5.75 Å². The van der Waals surface area contributed by atoms with E-state index < -0.39 is 5.54 Å². The first-order valence-electron chi connectivity index (χ1n) is 8.40. The maximum absolute atomic E-state index is 12.7. The van der Waals surface area contributed by atoms with Crippen LogP contribution in [0.3, 0.4) is 0 Å². The minimum atomic E-state index is -0.393. The van der Waals surface area contributed by atoms with Gasteiger partial charge in [0, 0.05) is 6.54 Å². The molecule has 4 nitrogen and oxygen atoms in total. The summed E-state index contributed by atoms with van der Waals surface area (Å²) in [6, 6.07) is 12.0. The first kappa shape index (κ1) is 21.3. The van der Waals surface area contributed by atoms with E-state index in [0.717, 1.165) is 22.1 Å². The van der Waals surface area contributed by atoms with E-state index >= 15 is 0 Å². The van der Waals surface area contributed by atoms with E-state index in [0.29, 0.717) is 6.54 Å². The molecule has 0 heterocycles. The molecule has 2 aromatic rings. The lowest BCUT2D eigenvalue weighted by molar-refractivity contribution is -0.124. The minimum absolute atomic E-state index is 0. The van der Waals surface area contributed by atoms with Gasteiger partial charge in [0.2, 0.25) is 5.91 Å². The largest absolute Gasteiger partial charge is 0.497 e. The van der Waals surface area contributed by atoms with Crippen LogP contribution >= 0.6 is 12.4 Å². The van der Waals surface area contributed by atoms with Crippen LogP contribution in [0.1, 0.15) is 39.2 Å². The zero-order chi connectivity index (χ0) is 17.9. The lowest BCUT2D eigenvalue weighted by Gasteiger charge is -2.34. The van der Waals surface area contributed by atoms with Crippen molar-refractivity contribution in [2.24, 2.45) is 11.7 Å².